The second-order valence-corrected chi connectivity index (χ2v) is 3.34. The quantitative estimate of drug-likeness (QED) is 0.607. The summed E-state index contributed by atoms with van der Waals surface area (Å²) in [5, 5.41) is 0. The maximum absolute atomic E-state index is 2.27. The summed E-state index contributed by atoms with van der Waals surface area (Å²) in [5.74, 6) is 0. The Bertz CT molecular complexity index is 271. The van der Waals surface area contributed by atoms with Crippen molar-refractivity contribution in [3.8, 4) is 0 Å². The van der Waals surface area contributed by atoms with Gasteiger partial charge in [-0.1, -0.05) is 43.3 Å². The van der Waals surface area contributed by atoms with Gasteiger partial charge in [0.2, 0.25) is 0 Å². The fourth-order valence-corrected chi connectivity index (χ4v) is 1.41. The molecule has 0 aliphatic rings. The highest BCUT2D eigenvalue weighted by molar-refractivity contribution is 5.25. The van der Waals surface area contributed by atoms with Crippen molar-refractivity contribution in [3.63, 3.8) is 0 Å². The van der Waals surface area contributed by atoms with Crippen LogP contribution >= 0.6 is 0 Å². The minimum absolute atomic E-state index is 1.15. The zero-order valence-corrected chi connectivity index (χ0v) is 8.59. The first kappa shape index (κ1) is 10.0. The molecule has 70 valence electrons. The van der Waals surface area contributed by atoms with Crippen LogP contribution in [0.1, 0.15) is 30.9 Å². The van der Waals surface area contributed by atoms with Crippen molar-refractivity contribution in [2.75, 3.05) is 0 Å². The van der Waals surface area contributed by atoms with Crippen molar-refractivity contribution in [1.29, 1.82) is 0 Å². The standard InChI is InChI=1S/C13H18/c1-3-4-5-6-10-13-11-8-7-9-12(13)2/h4-5,7-9,11H,3,6,10H2,1-2H3/b5-4+. The van der Waals surface area contributed by atoms with Crippen molar-refractivity contribution < 1.29 is 0 Å². The molecule has 0 radical (unpaired) electrons. The Morgan fingerprint density at radius 2 is 1.92 bits per heavy atom. The van der Waals surface area contributed by atoms with Gasteiger partial charge < -0.3 is 0 Å². The molecular weight excluding hydrogens is 156 g/mol. The van der Waals surface area contributed by atoms with Gasteiger partial charge in [-0.2, -0.15) is 0 Å². The van der Waals surface area contributed by atoms with Crippen molar-refractivity contribution in [3.05, 3.63) is 47.5 Å². The van der Waals surface area contributed by atoms with Gasteiger partial charge in [0.05, 0.1) is 0 Å². The van der Waals surface area contributed by atoms with Gasteiger partial charge >= 0.3 is 0 Å². The first-order valence-corrected chi connectivity index (χ1v) is 5.04. The molecule has 0 N–H and O–H groups in total. The van der Waals surface area contributed by atoms with E-state index < -0.39 is 0 Å². The third-order valence-electron chi connectivity index (χ3n) is 2.24. The highest BCUT2D eigenvalue weighted by Gasteiger charge is 1.93. The normalized spacial score (nSPS) is 10.9. The van der Waals surface area contributed by atoms with Crippen LogP contribution < -0.4 is 0 Å². The molecule has 0 heteroatoms. The van der Waals surface area contributed by atoms with Gasteiger partial charge in [-0.15, -0.1) is 0 Å². The molecule has 0 aliphatic carbocycles. The van der Waals surface area contributed by atoms with Crippen molar-refractivity contribution in [2.45, 2.75) is 33.1 Å². The minimum Gasteiger partial charge on any atom is -0.0888 e. The van der Waals surface area contributed by atoms with Crippen LogP contribution in [-0.4, -0.2) is 0 Å². The molecule has 0 saturated carbocycles. The van der Waals surface area contributed by atoms with Crippen LogP contribution in [-0.2, 0) is 6.42 Å². The molecule has 1 aromatic rings. The van der Waals surface area contributed by atoms with Crippen LogP contribution in [0.2, 0.25) is 0 Å². The Labute approximate surface area is 81.3 Å². The Hall–Kier alpha value is -1.04. The fourth-order valence-electron chi connectivity index (χ4n) is 1.41. The molecule has 0 fully saturated rings. The molecule has 0 unspecified atom stereocenters. The summed E-state index contributed by atoms with van der Waals surface area (Å²) < 4.78 is 0. The third kappa shape index (κ3) is 3.45. The molecule has 0 bridgehead atoms. The fraction of sp³-hybridized carbons (Fsp3) is 0.385. The summed E-state index contributed by atoms with van der Waals surface area (Å²) in [6.45, 7) is 4.35. The van der Waals surface area contributed by atoms with E-state index in [2.05, 4.69) is 50.3 Å². The van der Waals surface area contributed by atoms with E-state index >= 15 is 0 Å². The van der Waals surface area contributed by atoms with E-state index in [4.69, 9.17) is 0 Å². The summed E-state index contributed by atoms with van der Waals surface area (Å²) in [6.07, 6.45) is 7.99. The number of rotatable bonds is 4. The first-order chi connectivity index (χ1) is 6.34. The van der Waals surface area contributed by atoms with Crippen LogP contribution in [0.5, 0.6) is 0 Å². The molecule has 13 heavy (non-hydrogen) atoms. The molecule has 0 amide bonds. The molecular formula is C13H18. The lowest BCUT2D eigenvalue weighted by molar-refractivity contribution is 0.979. The number of allylic oxidation sites excluding steroid dienone is 2. The van der Waals surface area contributed by atoms with Crippen LogP contribution in [0.15, 0.2) is 36.4 Å². The minimum atomic E-state index is 1.15. The average molecular weight is 174 g/mol. The van der Waals surface area contributed by atoms with E-state index in [0.29, 0.717) is 0 Å². The largest absolute Gasteiger partial charge is 0.0888 e. The van der Waals surface area contributed by atoms with E-state index in [-0.39, 0.29) is 0 Å². The molecule has 0 nitrogen and oxygen atoms in total. The third-order valence-corrected chi connectivity index (χ3v) is 2.24. The Morgan fingerprint density at radius 3 is 2.62 bits per heavy atom. The number of benzene rings is 1. The van der Waals surface area contributed by atoms with Crippen LogP contribution in [0.4, 0.5) is 0 Å². The van der Waals surface area contributed by atoms with E-state index in [1.807, 2.05) is 0 Å². The Morgan fingerprint density at radius 1 is 1.15 bits per heavy atom. The molecule has 0 aromatic heterocycles. The maximum Gasteiger partial charge on any atom is -0.0242 e. The number of aryl methyl sites for hydroxylation is 2. The highest BCUT2D eigenvalue weighted by Crippen LogP contribution is 2.09. The van der Waals surface area contributed by atoms with Crippen molar-refractivity contribution >= 4 is 0 Å². The van der Waals surface area contributed by atoms with Gasteiger partial charge in [0.15, 0.2) is 0 Å². The average Bonchev–Trinajstić information content (AvgIpc) is 2.15. The molecule has 1 rings (SSSR count). The zero-order chi connectivity index (χ0) is 9.52. The molecule has 0 atom stereocenters. The second-order valence-electron chi connectivity index (χ2n) is 3.34. The number of hydrogen-bond acceptors (Lipinski definition) is 0. The summed E-state index contributed by atoms with van der Waals surface area (Å²) in [7, 11) is 0. The van der Waals surface area contributed by atoms with Gasteiger partial charge in [-0.25, -0.2) is 0 Å². The molecule has 0 heterocycles. The lowest BCUT2D eigenvalue weighted by atomic mass is 10.0. The predicted octanol–water partition coefficient (Wildman–Crippen LogP) is 3.89. The van der Waals surface area contributed by atoms with Crippen LogP contribution in [0.3, 0.4) is 0 Å². The summed E-state index contributed by atoms with van der Waals surface area (Å²) in [6, 6.07) is 8.61. The SMILES string of the molecule is CC/C=C/CCc1ccccc1C. The van der Waals surface area contributed by atoms with E-state index in [1.165, 1.54) is 24.0 Å². The van der Waals surface area contributed by atoms with Crippen molar-refractivity contribution in [2.24, 2.45) is 0 Å². The van der Waals surface area contributed by atoms with Crippen LogP contribution in [0.25, 0.3) is 0 Å². The molecule has 1 aromatic carbocycles. The van der Waals surface area contributed by atoms with Gasteiger partial charge in [0, 0.05) is 0 Å². The summed E-state index contributed by atoms with van der Waals surface area (Å²) in [4.78, 5) is 0. The predicted molar refractivity (Wildman–Crippen MR) is 58.9 cm³/mol. The van der Waals surface area contributed by atoms with Gasteiger partial charge in [-0.05, 0) is 37.3 Å². The molecule has 0 spiro atoms. The monoisotopic (exact) mass is 174 g/mol. The Balaban J connectivity index is 2.45. The van der Waals surface area contributed by atoms with Gasteiger partial charge in [0.25, 0.3) is 0 Å². The first-order valence-electron chi connectivity index (χ1n) is 5.04. The topological polar surface area (TPSA) is 0 Å². The van der Waals surface area contributed by atoms with Gasteiger partial charge in [-0.3, -0.25) is 0 Å². The van der Waals surface area contributed by atoms with Gasteiger partial charge in [0.1, 0.15) is 0 Å². The lowest BCUT2D eigenvalue weighted by Gasteiger charge is -2.02. The van der Waals surface area contributed by atoms with Crippen LogP contribution in [0, 0.1) is 6.92 Å². The number of hydrogen-bond donors (Lipinski definition) is 0. The lowest BCUT2D eigenvalue weighted by Crippen LogP contribution is -1.86. The van der Waals surface area contributed by atoms with Crippen molar-refractivity contribution in [1.82, 2.24) is 0 Å². The smallest absolute Gasteiger partial charge is 0.0242 e. The Kier molecular flexibility index (Phi) is 4.31. The van der Waals surface area contributed by atoms with E-state index in [0.717, 1.165) is 6.42 Å². The van der Waals surface area contributed by atoms with E-state index in [9.17, 15) is 0 Å². The maximum atomic E-state index is 2.27. The van der Waals surface area contributed by atoms with E-state index in [1.54, 1.807) is 0 Å². The molecule has 0 saturated heterocycles. The molecule has 0 aliphatic heterocycles. The zero-order valence-electron chi connectivity index (χ0n) is 8.59. The highest BCUT2D eigenvalue weighted by atomic mass is 14.0. The summed E-state index contributed by atoms with van der Waals surface area (Å²) in [5.41, 5.74) is 2.88. The summed E-state index contributed by atoms with van der Waals surface area (Å²) >= 11 is 0. The second kappa shape index (κ2) is 5.58.